The van der Waals surface area contributed by atoms with E-state index < -0.39 is 11.7 Å². The molecule has 0 saturated carbocycles. The number of carbonyl (C=O) groups is 1. The fourth-order valence-corrected chi connectivity index (χ4v) is 1.85. The van der Waals surface area contributed by atoms with Crippen LogP contribution in [0.5, 0.6) is 0 Å². The zero-order chi connectivity index (χ0) is 15.5. The van der Waals surface area contributed by atoms with E-state index in [2.05, 4.69) is 15.4 Å². The van der Waals surface area contributed by atoms with Crippen LogP contribution in [0.3, 0.4) is 0 Å². The first-order valence-electron chi connectivity index (χ1n) is 6.83. The van der Waals surface area contributed by atoms with Crippen LogP contribution in [0.1, 0.15) is 26.5 Å². The molecule has 2 aromatic rings. The Morgan fingerprint density at radius 2 is 2.19 bits per heavy atom. The van der Waals surface area contributed by atoms with Gasteiger partial charge in [0.05, 0.1) is 0 Å². The highest BCUT2D eigenvalue weighted by Crippen LogP contribution is 2.09. The van der Waals surface area contributed by atoms with Gasteiger partial charge in [0, 0.05) is 44.2 Å². The zero-order valence-electron chi connectivity index (χ0n) is 12.8. The Kier molecular flexibility index (Phi) is 4.30. The molecule has 2 heterocycles. The third-order valence-electron chi connectivity index (χ3n) is 2.71. The van der Waals surface area contributed by atoms with Gasteiger partial charge in [0.2, 0.25) is 0 Å². The molecule has 0 spiro atoms. The first-order valence-corrected chi connectivity index (χ1v) is 6.83. The second-order valence-corrected chi connectivity index (χ2v) is 5.78. The number of nitrogens with zero attached hydrogens (tertiary/aromatic N) is 4. The number of amides is 1. The van der Waals surface area contributed by atoms with Crippen molar-refractivity contribution in [3.63, 3.8) is 0 Å². The lowest BCUT2D eigenvalue weighted by atomic mass is 10.2. The van der Waals surface area contributed by atoms with Crippen LogP contribution in [0.15, 0.2) is 24.8 Å². The average Bonchev–Trinajstić information content (AvgIpc) is 2.95. The van der Waals surface area contributed by atoms with E-state index in [1.54, 1.807) is 17.2 Å². The summed E-state index contributed by atoms with van der Waals surface area (Å²) in [6, 6.07) is 1.91. The second-order valence-electron chi connectivity index (χ2n) is 5.78. The van der Waals surface area contributed by atoms with Crippen LogP contribution in [0.25, 0.3) is 5.82 Å². The van der Waals surface area contributed by atoms with E-state index in [0.717, 1.165) is 11.5 Å². The molecule has 0 unspecified atom stereocenters. The van der Waals surface area contributed by atoms with Crippen LogP contribution >= 0.6 is 0 Å². The van der Waals surface area contributed by atoms with Gasteiger partial charge in [-0.1, -0.05) is 0 Å². The van der Waals surface area contributed by atoms with Crippen molar-refractivity contribution in [3.8, 4) is 5.82 Å². The van der Waals surface area contributed by atoms with Crippen LogP contribution in [0, 0.1) is 0 Å². The molecule has 0 fully saturated rings. The lowest BCUT2D eigenvalue weighted by Crippen LogP contribution is -2.33. The van der Waals surface area contributed by atoms with Gasteiger partial charge in [0.25, 0.3) is 0 Å². The molecule has 0 aromatic carbocycles. The third-order valence-corrected chi connectivity index (χ3v) is 2.71. The van der Waals surface area contributed by atoms with Gasteiger partial charge in [-0.25, -0.2) is 9.78 Å². The largest absolute Gasteiger partial charge is 0.444 e. The summed E-state index contributed by atoms with van der Waals surface area (Å²) in [4.78, 5) is 15.7. The molecule has 1 N–H and O–H groups in total. The first kappa shape index (κ1) is 15.1. The van der Waals surface area contributed by atoms with Crippen LogP contribution in [0.4, 0.5) is 4.79 Å². The number of alkyl carbamates (subject to hydrolysis) is 1. The molecule has 0 aliphatic carbocycles. The lowest BCUT2D eigenvalue weighted by molar-refractivity contribution is 0.0528. The van der Waals surface area contributed by atoms with Crippen LogP contribution in [-0.2, 0) is 18.2 Å². The van der Waals surface area contributed by atoms with E-state index in [-0.39, 0.29) is 0 Å². The molecule has 7 heteroatoms. The van der Waals surface area contributed by atoms with Crippen molar-refractivity contribution in [1.82, 2.24) is 24.6 Å². The summed E-state index contributed by atoms with van der Waals surface area (Å²) in [5.74, 6) is 0.808. The molecule has 7 nitrogen and oxygen atoms in total. The van der Waals surface area contributed by atoms with Crippen molar-refractivity contribution >= 4 is 6.09 Å². The average molecular weight is 291 g/mol. The standard InChI is InChI=1S/C14H21N5O2/c1-14(2,3)21-13(20)16-7-5-11-9-15-10-19(11)12-6-8-18(4)17-12/h6,8-10H,5,7H2,1-4H3,(H,16,20). The molecule has 0 aliphatic rings. The van der Waals surface area contributed by atoms with Crippen molar-refractivity contribution in [2.45, 2.75) is 32.8 Å². The number of rotatable bonds is 4. The van der Waals surface area contributed by atoms with Crippen LogP contribution in [0.2, 0.25) is 0 Å². The molecule has 2 aromatic heterocycles. The SMILES string of the molecule is Cn1ccc(-n2cncc2CCNC(=O)OC(C)(C)C)n1. The molecule has 0 aliphatic heterocycles. The molecule has 21 heavy (non-hydrogen) atoms. The van der Waals surface area contributed by atoms with Gasteiger partial charge in [-0.05, 0) is 20.8 Å². The van der Waals surface area contributed by atoms with E-state index in [0.29, 0.717) is 13.0 Å². The zero-order valence-corrected chi connectivity index (χ0v) is 12.8. The number of ether oxygens (including phenoxy) is 1. The summed E-state index contributed by atoms with van der Waals surface area (Å²) < 4.78 is 8.82. The number of hydrogen-bond acceptors (Lipinski definition) is 4. The minimum Gasteiger partial charge on any atom is -0.444 e. The van der Waals surface area contributed by atoms with E-state index in [4.69, 9.17) is 4.74 Å². The van der Waals surface area contributed by atoms with Crippen molar-refractivity contribution in [3.05, 3.63) is 30.5 Å². The quantitative estimate of drug-likeness (QED) is 0.930. The molecular weight excluding hydrogens is 270 g/mol. The maximum atomic E-state index is 11.6. The molecule has 1 amide bonds. The number of imidazole rings is 1. The molecule has 0 atom stereocenters. The molecular formula is C14H21N5O2. The monoisotopic (exact) mass is 291 g/mol. The second kappa shape index (κ2) is 5.99. The Labute approximate surface area is 123 Å². The van der Waals surface area contributed by atoms with Crippen molar-refractivity contribution in [2.75, 3.05) is 6.54 Å². The Hall–Kier alpha value is -2.31. The molecule has 114 valence electrons. The number of hydrogen-bond donors (Lipinski definition) is 1. The molecule has 0 radical (unpaired) electrons. The molecule has 0 saturated heterocycles. The summed E-state index contributed by atoms with van der Waals surface area (Å²) in [6.45, 7) is 5.99. The topological polar surface area (TPSA) is 74.0 Å². The highest BCUT2D eigenvalue weighted by atomic mass is 16.6. The summed E-state index contributed by atoms with van der Waals surface area (Å²) in [7, 11) is 1.87. The minimum atomic E-state index is -0.486. The van der Waals surface area contributed by atoms with Gasteiger partial charge in [-0.15, -0.1) is 0 Å². The van der Waals surface area contributed by atoms with Gasteiger partial charge in [0.1, 0.15) is 11.9 Å². The van der Waals surface area contributed by atoms with Crippen molar-refractivity contribution in [1.29, 1.82) is 0 Å². The highest BCUT2D eigenvalue weighted by Gasteiger charge is 2.15. The number of aryl methyl sites for hydroxylation is 1. The Morgan fingerprint density at radius 3 is 2.81 bits per heavy atom. The van der Waals surface area contributed by atoms with Gasteiger partial charge >= 0.3 is 6.09 Å². The van der Waals surface area contributed by atoms with E-state index >= 15 is 0 Å². The minimum absolute atomic E-state index is 0.411. The van der Waals surface area contributed by atoms with Crippen molar-refractivity contribution in [2.24, 2.45) is 7.05 Å². The fourth-order valence-electron chi connectivity index (χ4n) is 1.85. The predicted octanol–water partition coefficient (Wildman–Crippen LogP) is 1.67. The van der Waals surface area contributed by atoms with Gasteiger partial charge < -0.3 is 10.1 Å². The molecule has 2 rings (SSSR count). The summed E-state index contributed by atoms with van der Waals surface area (Å²) in [5.41, 5.74) is 0.490. The van der Waals surface area contributed by atoms with E-state index in [9.17, 15) is 4.79 Å². The summed E-state index contributed by atoms with van der Waals surface area (Å²) in [6.07, 6.45) is 5.59. The normalized spacial score (nSPS) is 11.4. The van der Waals surface area contributed by atoms with Gasteiger partial charge in [-0.2, -0.15) is 5.10 Å². The Balaban J connectivity index is 1.90. The Bertz CT molecular complexity index is 609. The van der Waals surface area contributed by atoms with Crippen molar-refractivity contribution < 1.29 is 9.53 Å². The summed E-state index contributed by atoms with van der Waals surface area (Å²) >= 11 is 0. The maximum absolute atomic E-state index is 11.6. The van der Waals surface area contributed by atoms with E-state index in [1.807, 2.05) is 44.6 Å². The fraction of sp³-hybridized carbons (Fsp3) is 0.500. The van der Waals surface area contributed by atoms with Gasteiger partial charge in [0.15, 0.2) is 5.82 Å². The number of aromatic nitrogens is 4. The first-order chi connectivity index (χ1) is 9.85. The van der Waals surface area contributed by atoms with Crippen LogP contribution < -0.4 is 5.32 Å². The number of nitrogens with one attached hydrogen (secondary N) is 1. The van der Waals surface area contributed by atoms with E-state index in [1.165, 1.54) is 0 Å². The third kappa shape index (κ3) is 4.34. The Morgan fingerprint density at radius 1 is 1.43 bits per heavy atom. The lowest BCUT2D eigenvalue weighted by Gasteiger charge is -2.19. The number of carbonyl (C=O) groups excluding carboxylic acids is 1. The smallest absolute Gasteiger partial charge is 0.407 e. The highest BCUT2D eigenvalue weighted by molar-refractivity contribution is 5.67. The maximum Gasteiger partial charge on any atom is 0.407 e. The molecule has 0 bridgehead atoms. The van der Waals surface area contributed by atoms with Gasteiger partial charge in [-0.3, -0.25) is 9.25 Å². The predicted molar refractivity (Wildman–Crippen MR) is 78.3 cm³/mol. The summed E-state index contributed by atoms with van der Waals surface area (Å²) in [5, 5.41) is 7.07. The van der Waals surface area contributed by atoms with Crippen LogP contribution in [-0.4, -0.2) is 37.6 Å².